The predicted octanol–water partition coefficient (Wildman–Crippen LogP) is 2.43. The van der Waals surface area contributed by atoms with Crippen LogP contribution in [0.1, 0.15) is 31.7 Å². The molecule has 0 saturated carbocycles. The van der Waals surface area contributed by atoms with Gasteiger partial charge in [-0.15, -0.1) is 24.0 Å². The molecule has 2 heterocycles. The van der Waals surface area contributed by atoms with Gasteiger partial charge in [0.15, 0.2) is 5.96 Å². The van der Waals surface area contributed by atoms with Crippen molar-refractivity contribution in [2.45, 2.75) is 32.6 Å². The number of nitrogens with zero attached hydrogens (tertiary/aromatic N) is 3. The molecule has 1 aromatic carbocycles. The van der Waals surface area contributed by atoms with Crippen LogP contribution in [0.4, 0.5) is 5.69 Å². The molecular formula is C21H31IN4O3. The highest BCUT2D eigenvalue weighted by molar-refractivity contribution is 14.0. The third-order valence-electron chi connectivity index (χ3n) is 5.44. The van der Waals surface area contributed by atoms with E-state index >= 15 is 0 Å². The molecule has 7 nitrogen and oxygen atoms in total. The number of carbonyl (C=O) groups is 2. The van der Waals surface area contributed by atoms with Crippen molar-refractivity contribution in [1.29, 1.82) is 0 Å². The Hall–Kier alpha value is -1.84. The second-order valence-corrected chi connectivity index (χ2v) is 7.23. The Morgan fingerprint density at radius 2 is 1.93 bits per heavy atom. The minimum atomic E-state index is -0.138. The molecule has 0 aliphatic carbocycles. The second kappa shape index (κ2) is 11.4. The van der Waals surface area contributed by atoms with Crippen LogP contribution in [0.25, 0.3) is 0 Å². The average Bonchev–Trinajstić information content (AvgIpc) is 2.75. The number of para-hydroxylation sites is 1. The summed E-state index contributed by atoms with van der Waals surface area (Å²) >= 11 is 0. The number of fused-ring (bicyclic) bond motifs is 1. The highest BCUT2D eigenvalue weighted by Crippen LogP contribution is 2.26. The van der Waals surface area contributed by atoms with Gasteiger partial charge in [0, 0.05) is 31.9 Å². The standard InChI is InChI=1S/C21H30N4O3.HI/c1-3-22-21(24-13-10-17(11-14-24)20(27)28-2)23-15-19(26)25-12-6-8-16-7-4-5-9-18(16)25;/h4-5,7,9,17H,3,6,8,10-15H2,1-2H3,(H,22,23);1H. The summed E-state index contributed by atoms with van der Waals surface area (Å²) in [6.07, 6.45) is 3.48. The molecule has 1 saturated heterocycles. The summed E-state index contributed by atoms with van der Waals surface area (Å²) in [6.45, 7) is 5.06. The number of nitrogens with one attached hydrogen (secondary N) is 1. The molecule has 2 aliphatic rings. The maximum atomic E-state index is 12.8. The Labute approximate surface area is 189 Å². The minimum absolute atomic E-state index is 0. The van der Waals surface area contributed by atoms with E-state index in [1.54, 1.807) is 0 Å². The summed E-state index contributed by atoms with van der Waals surface area (Å²) in [5.41, 5.74) is 2.24. The number of esters is 1. The van der Waals surface area contributed by atoms with E-state index < -0.39 is 0 Å². The van der Waals surface area contributed by atoms with Crippen molar-refractivity contribution in [3.8, 4) is 0 Å². The molecule has 0 bridgehead atoms. The van der Waals surface area contributed by atoms with E-state index in [0.29, 0.717) is 0 Å². The smallest absolute Gasteiger partial charge is 0.308 e. The van der Waals surface area contributed by atoms with Crippen molar-refractivity contribution < 1.29 is 14.3 Å². The van der Waals surface area contributed by atoms with Gasteiger partial charge in [-0.3, -0.25) is 9.59 Å². The molecule has 29 heavy (non-hydrogen) atoms. The molecule has 0 spiro atoms. The lowest BCUT2D eigenvalue weighted by Crippen LogP contribution is -2.47. The van der Waals surface area contributed by atoms with Crippen molar-refractivity contribution in [1.82, 2.24) is 10.2 Å². The van der Waals surface area contributed by atoms with Crippen LogP contribution in [0, 0.1) is 5.92 Å². The van der Waals surface area contributed by atoms with Gasteiger partial charge in [-0.1, -0.05) is 18.2 Å². The highest BCUT2D eigenvalue weighted by Gasteiger charge is 2.27. The second-order valence-electron chi connectivity index (χ2n) is 7.23. The number of amides is 1. The van der Waals surface area contributed by atoms with Crippen molar-refractivity contribution >= 4 is 47.5 Å². The number of rotatable bonds is 4. The molecule has 0 atom stereocenters. The summed E-state index contributed by atoms with van der Waals surface area (Å²) in [4.78, 5) is 33.1. The third kappa shape index (κ3) is 5.83. The van der Waals surface area contributed by atoms with Gasteiger partial charge in [0.1, 0.15) is 6.54 Å². The van der Waals surface area contributed by atoms with Crippen LogP contribution in [-0.2, 0) is 20.7 Å². The molecule has 2 aliphatic heterocycles. The van der Waals surface area contributed by atoms with Gasteiger partial charge >= 0.3 is 5.97 Å². The maximum absolute atomic E-state index is 12.8. The number of carbonyl (C=O) groups excluding carboxylic acids is 2. The van der Waals surface area contributed by atoms with Crippen LogP contribution in [0.2, 0.25) is 0 Å². The fourth-order valence-corrected chi connectivity index (χ4v) is 3.94. The van der Waals surface area contributed by atoms with Gasteiger partial charge in [0.05, 0.1) is 13.0 Å². The molecule has 1 fully saturated rings. The first-order valence-corrected chi connectivity index (χ1v) is 10.1. The SMILES string of the molecule is CCNC(=NCC(=O)N1CCCc2ccccc21)N1CCC(C(=O)OC)CC1.I. The Bertz CT molecular complexity index is 732. The van der Waals surface area contributed by atoms with Gasteiger partial charge in [-0.25, -0.2) is 4.99 Å². The number of methoxy groups -OCH3 is 1. The first kappa shape index (κ1) is 23.4. The normalized spacial score (nSPS) is 17.2. The van der Waals surface area contributed by atoms with Crippen LogP contribution in [0.3, 0.4) is 0 Å². The number of piperidine rings is 1. The van der Waals surface area contributed by atoms with E-state index in [9.17, 15) is 9.59 Å². The van der Waals surface area contributed by atoms with Crippen molar-refractivity contribution in [3.63, 3.8) is 0 Å². The largest absolute Gasteiger partial charge is 0.469 e. The van der Waals surface area contributed by atoms with E-state index in [-0.39, 0.29) is 48.3 Å². The van der Waals surface area contributed by atoms with Crippen molar-refractivity contribution in [3.05, 3.63) is 29.8 Å². The number of hydrogen-bond acceptors (Lipinski definition) is 4. The number of hydrogen-bond donors (Lipinski definition) is 1. The van der Waals surface area contributed by atoms with E-state index in [1.165, 1.54) is 12.7 Å². The monoisotopic (exact) mass is 514 g/mol. The van der Waals surface area contributed by atoms with Crippen molar-refractivity contribution in [2.24, 2.45) is 10.9 Å². The van der Waals surface area contributed by atoms with E-state index in [4.69, 9.17) is 4.74 Å². The van der Waals surface area contributed by atoms with E-state index in [2.05, 4.69) is 21.3 Å². The molecule has 0 radical (unpaired) electrons. The first-order chi connectivity index (χ1) is 13.6. The lowest BCUT2D eigenvalue weighted by Gasteiger charge is -2.33. The number of benzene rings is 1. The van der Waals surface area contributed by atoms with Crippen LogP contribution in [-0.4, -0.2) is 62.6 Å². The Balaban J connectivity index is 0.00000300. The number of aliphatic imine (C=N–C) groups is 1. The molecule has 0 aromatic heterocycles. The van der Waals surface area contributed by atoms with Gasteiger partial charge in [-0.2, -0.15) is 0 Å². The summed E-state index contributed by atoms with van der Waals surface area (Å²) in [5.74, 6) is 0.576. The fourth-order valence-electron chi connectivity index (χ4n) is 3.94. The fraction of sp³-hybridized carbons (Fsp3) is 0.571. The summed E-state index contributed by atoms with van der Waals surface area (Å²) in [7, 11) is 1.44. The Morgan fingerprint density at radius 1 is 1.21 bits per heavy atom. The Morgan fingerprint density at radius 3 is 2.62 bits per heavy atom. The minimum Gasteiger partial charge on any atom is -0.469 e. The maximum Gasteiger partial charge on any atom is 0.308 e. The molecule has 1 amide bonds. The summed E-state index contributed by atoms with van der Waals surface area (Å²) in [5, 5.41) is 3.28. The number of likely N-dealkylation sites (tertiary alicyclic amines) is 1. The number of guanidine groups is 1. The van der Waals surface area contributed by atoms with E-state index in [1.807, 2.05) is 30.0 Å². The molecule has 160 valence electrons. The third-order valence-corrected chi connectivity index (χ3v) is 5.44. The summed E-state index contributed by atoms with van der Waals surface area (Å²) < 4.78 is 4.85. The number of ether oxygens (including phenoxy) is 1. The van der Waals surface area contributed by atoms with Crippen molar-refractivity contribution in [2.75, 3.05) is 44.7 Å². The molecule has 1 N–H and O–H groups in total. The van der Waals surface area contributed by atoms with Crippen LogP contribution in [0.5, 0.6) is 0 Å². The molecule has 8 heteroatoms. The topological polar surface area (TPSA) is 74.2 Å². The zero-order valence-corrected chi connectivity index (χ0v) is 19.6. The van der Waals surface area contributed by atoms with Gasteiger partial charge < -0.3 is 19.9 Å². The lowest BCUT2D eigenvalue weighted by atomic mass is 9.97. The number of anilines is 1. The quantitative estimate of drug-likeness (QED) is 0.289. The lowest BCUT2D eigenvalue weighted by molar-refractivity contribution is -0.146. The zero-order valence-electron chi connectivity index (χ0n) is 17.2. The Kier molecular flexibility index (Phi) is 9.19. The van der Waals surface area contributed by atoms with Gasteiger partial charge in [-0.05, 0) is 44.2 Å². The number of halogens is 1. The zero-order chi connectivity index (χ0) is 19.9. The summed E-state index contributed by atoms with van der Waals surface area (Å²) in [6, 6.07) is 8.10. The average molecular weight is 514 g/mol. The highest BCUT2D eigenvalue weighted by atomic mass is 127. The predicted molar refractivity (Wildman–Crippen MR) is 125 cm³/mol. The number of aryl methyl sites for hydroxylation is 1. The first-order valence-electron chi connectivity index (χ1n) is 10.1. The van der Waals surface area contributed by atoms with E-state index in [0.717, 1.165) is 63.5 Å². The molecule has 1 aromatic rings. The molecular weight excluding hydrogens is 483 g/mol. The van der Waals surface area contributed by atoms with Crippen LogP contribution < -0.4 is 10.2 Å². The molecule has 3 rings (SSSR count). The van der Waals surface area contributed by atoms with Gasteiger partial charge in [0.2, 0.25) is 5.91 Å². The molecule has 0 unspecified atom stereocenters. The van der Waals surface area contributed by atoms with Crippen LogP contribution in [0.15, 0.2) is 29.3 Å². The van der Waals surface area contributed by atoms with Gasteiger partial charge in [0.25, 0.3) is 0 Å². The van der Waals surface area contributed by atoms with Crippen LogP contribution >= 0.6 is 24.0 Å².